The molecule has 1 saturated heterocycles. The van der Waals surface area contributed by atoms with Crippen molar-refractivity contribution in [2.24, 2.45) is 5.73 Å². The van der Waals surface area contributed by atoms with Gasteiger partial charge in [0.25, 0.3) is 0 Å². The fraction of sp³-hybridized carbons (Fsp3) is 0.750. The maximum absolute atomic E-state index is 10.2. The van der Waals surface area contributed by atoms with Crippen molar-refractivity contribution >= 4 is 17.5 Å². The Balaban J connectivity index is 2.32. The molecule has 1 fully saturated rings. The fourth-order valence-electron chi connectivity index (χ4n) is 0.408. The number of carbonyl (C=O) groups is 1. The lowest BCUT2D eigenvalue weighted by molar-refractivity contribution is -0.117. The molecule has 1 amide bonds. The third-order valence-electron chi connectivity index (χ3n) is 0.957. The van der Waals surface area contributed by atoms with Crippen LogP contribution in [-0.4, -0.2) is 24.0 Å². The molecule has 46 valence electrons. The molecule has 0 aromatic rings. The van der Waals surface area contributed by atoms with Crippen molar-refractivity contribution in [2.75, 3.05) is 6.61 Å². The second kappa shape index (κ2) is 1.91. The molecule has 1 rings (SSSR count). The van der Waals surface area contributed by atoms with E-state index < -0.39 is 11.3 Å². The van der Waals surface area contributed by atoms with Crippen LogP contribution in [-0.2, 0) is 9.53 Å². The Morgan fingerprint density at radius 3 is 2.62 bits per heavy atom. The minimum Gasteiger partial charge on any atom is -0.371 e. The molecule has 0 unspecified atom stereocenters. The summed E-state index contributed by atoms with van der Waals surface area (Å²) in [4.78, 5) is 10.2. The van der Waals surface area contributed by atoms with Crippen LogP contribution in [0, 0.1) is 0 Å². The van der Waals surface area contributed by atoms with E-state index in [1.165, 1.54) is 0 Å². The van der Waals surface area contributed by atoms with Gasteiger partial charge in [-0.1, -0.05) is 0 Å². The summed E-state index contributed by atoms with van der Waals surface area (Å²) in [5, 5.41) is -0.630. The zero-order valence-corrected chi connectivity index (χ0v) is 4.89. The Kier molecular flexibility index (Phi) is 1.40. The Hall–Kier alpha value is -0.280. The third-order valence-corrected chi connectivity index (χ3v) is 1.45. The predicted octanol–water partition coefficient (Wildman–Crippen LogP) is -0.522. The van der Waals surface area contributed by atoms with Gasteiger partial charge in [0.1, 0.15) is 11.5 Å². The maximum atomic E-state index is 10.2. The molecule has 0 saturated carbocycles. The molecule has 8 heavy (non-hydrogen) atoms. The van der Waals surface area contributed by atoms with E-state index in [1.54, 1.807) is 0 Å². The summed E-state index contributed by atoms with van der Waals surface area (Å²) < 4.78 is 4.70. The van der Waals surface area contributed by atoms with Crippen LogP contribution >= 0.6 is 11.6 Å². The number of epoxide rings is 1. The van der Waals surface area contributed by atoms with Crippen molar-refractivity contribution in [3.8, 4) is 0 Å². The molecule has 2 atom stereocenters. The van der Waals surface area contributed by atoms with Crippen LogP contribution in [0.2, 0.25) is 0 Å². The van der Waals surface area contributed by atoms with Gasteiger partial charge < -0.3 is 10.5 Å². The maximum Gasteiger partial charge on any atom is 0.238 e. The number of hydrogen-bond donors (Lipinski definition) is 1. The Labute approximate surface area is 51.7 Å². The van der Waals surface area contributed by atoms with Crippen LogP contribution in [0.5, 0.6) is 0 Å². The van der Waals surface area contributed by atoms with Gasteiger partial charge in [-0.15, -0.1) is 11.6 Å². The van der Waals surface area contributed by atoms with Crippen LogP contribution < -0.4 is 5.73 Å². The summed E-state index contributed by atoms with van der Waals surface area (Å²) in [5.74, 6) is -0.505. The molecular formula is C4H6ClNO2. The first-order chi connectivity index (χ1) is 3.72. The first kappa shape index (κ1) is 5.85. The van der Waals surface area contributed by atoms with E-state index in [0.717, 1.165) is 0 Å². The Morgan fingerprint density at radius 2 is 2.50 bits per heavy atom. The van der Waals surface area contributed by atoms with Crippen LogP contribution in [0.4, 0.5) is 0 Å². The average Bonchev–Trinajstić information content (AvgIpc) is 2.43. The zero-order valence-electron chi connectivity index (χ0n) is 4.13. The van der Waals surface area contributed by atoms with E-state index in [-0.39, 0.29) is 6.10 Å². The van der Waals surface area contributed by atoms with Crippen LogP contribution in [0.3, 0.4) is 0 Å². The standard InChI is InChI=1S/C4H6ClNO2/c5-3(4(6)7)2-1-8-2/h2-3H,1H2,(H2,6,7)/t2-,3-/m0/s1. The monoisotopic (exact) mass is 135 g/mol. The number of halogens is 1. The molecule has 3 nitrogen and oxygen atoms in total. The number of carbonyl (C=O) groups excluding carboxylic acids is 1. The minimum atomic E-state index is -0.630. The zero-order chi connectivity index (χ0) is 6.15. The number of hydrogen-bond acceptors (Lipinski definition) is 2. The van der Waals surface area contributed by atoms with Gasteiger partial charge in [0.05, 0.1) is 6.61 Å². The lowest BCUT2D eigenvalue weighted by atomic mass is 10.3. The van der Waals surface area contributed by atoms with Crippen LogP contribution in [0.1, 0.15) is 0 Å². The topological polar surface area (TPSA) is 55.6 Å². The Bertz CT molecular complexity index is 113. The van der Waals surface area contributed by atoms with E-state index in [4.69, 9.17) is 22.1 Å². The molecule has 0 aromatic carbocycles. The second-order valence-corrected chi connectivity index (χ2v) is 2.15. The van der Waals surface area contributed by atoms with Crippen molar-refractivity contribution in [3.05, 3.63) is 0 Å². The minimum absolute atomic E-state index is 0.117. The van der Waals surface area contributed by atoms with Gasteiger partial charge in [-0.05, 0) is 0 Å². The molecule has 0 aromatic heterocycles. The van der Waals surface area contributed by atoms with Gasteiger partial charge in [0.15, 0.2) is 0 Å². The highest BCUT2D eigenvalue weighted by Gasteiger charge is 2.34. The number of primary amides is 1. The molecule has 0 spiro atoms. The molecule has 1 aliphatic rings. The third kappa shape index (κ3) is 1.11. The number of alkyl halides is 1. The molecule has 1 aliphatic heterocycles. The summed E-state index contributed by atoms with van der Waals surface area (Å²) in [6, 6.07) is 0. The molecule has 0 bridgehead atoms. The molecule has 2 N–H and O–H groups in total. The summed E-state index contributed by atoms with van der Waals surface area (Å²) in [6.45, 7) is 0.567. The first-order valence-electron chi connectivity index (χ1n) is 2.27. The van der Waals surface area contributed by atoms with Gasteiger partial charge in [-0.25, -0.2) is 0 Å². The van der Waals surface area contributed by atoms with Gasteiger partial charge in [0.2, 0.25) is 5.91 Å². The molecule has 0 aliphatic carbocycles. The normalized spacial score (nSPS) is 29.4. The SMILES string of the molecule is NC(=O)[C@@H](Cl)[C@@H]1CO1. The Morgan fingerprint density at radius 1 is 2.00 bits per heavy atom. The van der Waals surface area contributed by atoms with E-state index in [2.05, 4.69) is 0 Å². The predicted molar refractivity (Wildman–Crippen MR) is 28.6 cm³/mol. The van der Waals surface area contributed by atoms with Crippen molar-refractivity contribution in [1.82, 2.24) is 0 Å². The van der Waals surface area contributed by atoms with E-state index in [1.807, 2.05) is 0 Å². The van der Waals surface area contributed by atoms with Gasteiger partial charge in [-0.2, -0.15) is 0 Å². The van der Waals surface area contributed by atoms with E-state index in [0.29, 0.717) is 6.61 Å². The lowest BCUT2D eigenvalue weighted by Gasteiger charge is -1.95. The number of ether oxygens (including phenoxy) is 1. The van der Waals surface area contributed by atoms with Gasteiger partial charge in [-0.3, -0.25) is 4.79 Å². The van der Waals surface area contributed by atoms with Crippen molar-refractivity contribution < 1.29 is 9.53 Å². The summed E-state index contributed by atoms with van der Waals surface area (Å²) in [5.41, 5.74) is 4.83. The van der Waals surface area contributed by atoms with Gasteiger partial charge in [0, 0.05) is 0 Å². The van der Waals surface area contributed by atoms with Crippen LogP contribution in [0.15, 0.2) is 0 Å². The highest BCUT2D eigenvalue weighted by molar-refractivity contribution is 6.31. The van der Waals surface area contributed by atoms with E-state index >= 15 is 0 Å². The fourth-order valence-corrected chi connectivity index (χ4v) is 0.553. The highest BCUT2D eigenvalue weighted by atomic mass is 35.5. The van der Waals surface area contributed by atoms with E-state index in [9.17, 15) is 4.79 Å². The quantitative estimate of drug-likeness (QED) is 0.409. The molecule has 4 heteroatoms. The first-order valence-corrected chi connectivity index (χ1v) is 2.70. The van der Waals surface area contributed by atoms with Crippen LogP contribution in [0.25, 0.3) is 0 Å². The summed E-state index contributed by atoms with van der Waals surface area (Å²) in [7, 11) is 0. The number of nitrogens with two attached hydrogens (primary N) is 1. The van der Waals surface area contributed by atoms with Crippen molar-refractivity contribution in [1.29, 1.82) is 0 Å². The molecule has 0 radical (unpaired) electrons. The molecule has 1 heterocycles. The van der Waals surface area contributed by atoms with Crippen molar-refractivity contribution in [2.45, 2.75) is 11.5 Å². The molecular weight excluding hydrogens is 130 g/mol. The highest BCUT2D eigenvalue weighted by Crippen LogP contribution is 2.17. The van der Waals surface area contributed by atoms with Gasteiger partial charge >= 0.3 is 0 Å². The van der Waals surface area contributed by atoms with Crippen molar-refractivity contribution in [3.63, 3.8) is 0 Å². The summed E-state index contributed by atoms with van der Waals surface area (Å²) >= 11 is 5.41. The second-order valence-electron chi connectivity index (χ2n) is 1.68. The number of amides is 1. The number of rotatable bonds is 2. The summed E-state index contributed by atoms with van der Waals surface area (Å²) in [6.07, 6.45) is -0.117. The largest absolute Gasteiger partial charge is 0.371 e. The lowest BCUT2D eigenvalue weighted by Crippen LogP contribution is -2.27. The average molecular weight is 136 g/mol. The smallest absolute Gasteiger partial charge is 0.238 e.